The predicted molar refractivity (Wildman–Crippen MR) is 46.0 cm³/mol. The molecule has 0 saturated heterocycles. The Kier molecular flexibility index (Phi) is 3.51. The predicted octanol–water partition coefficient (Wildman–Crippen LogP) is -0.0454. The van der Waals surface area contributed by atoms with Crippen LogP contribution in [0.2, 0.25) is 0 Å². The number of hydrogen-bond donors (Lipinski definition) is 0. The summed E-state index contributed by atoms with van der Waals surface area (Å²) in [7, 11) is 1.57. The van der Waals surface area contributed by atoms with Crippen molar-refractivity contribution < 1.29 is 4.74 Å². The molecule has 1 rings (SSSR count). The number of hydrogen-bond acceptors (Lipinski definition) is 4. The van der Waals surface area contributed by atoms with Crippen LogP contribution in [0, 0.1) is 11.8 Å². The van der Waals surface area contributed by atoms with Gasteiger partial charge in [-0.15, -0.1) is 0 Å². The first-order valence-electron chi connectivity index (χ1n) is 3.30. The van der Waals surface area contributed by atoms with Crippen LogP contribution in [0.15, 0.2) is 10.3 Å². The highest BCUT2D eigenvalue weighted by molar-refractivity contribution is 7.06. The van der Waals surface area contributed by atoms with Gasteiger partial charge in [0.2, 0.25) is 0 Å². The van der Waals surface area contributed by atoms with Gasteiger partial charge in [-0.1, -0.05) is 23.2 Å². The van der Waals surface area contributed by atoms with E-state index in [-0.39, 0.29) is 4.87 Å². The third-order valence-electron chi connectivity index (χ3n) is 1.12. The van der Waals surface area contributed by atoms with E-state index in [4.69, 9.17) is 4.74 Å². The molecule has 0 aliphatic carbocycles. The van der Waals surface area contributed by atoms with Gasteiger partial charge in [0, 0.05) is 7.11 Å². The molecule has 0 aromatic carbocycles. The van der Waals surface area contributed by atoms with Gasteiger partial charge in [-0.25, -0.2) is 4.68 Å². The zero-order valence-electron chi connectivity index (χ0n) is 6.61. The van der Waals surface area contributed by atoms with Crippen molar-refractivity contribution in [1.82, 2.24) is 9.78 Å². The minimum absolute atomic E-state index is 0.0817. The molecule has 0 atom stereocenters. The summed E-state index contributed by atoms with van der Waals surface area (Å²) < 4.78 is 6.03. The fraction of sp³-hybridized carbons (Fsp3) is 0.429. The topological polar surface area (TPSA) is 44.1 Å². The Morgan fingerprint density at radius 1 is 1.75 bits per heavy atom. The lowest BCUT2D eigenvalue weighted by molar-refractivity contribution is 0.239. The SMILES string of the molecule is COCC#CCn1ncsc1=O. The van der Waals surface area contributed by atoms with Crippen LogP contribution >= 0.6 is 11.3 Å². The van der Waals surface area contributed by atoms with Crippen molar-refractivity contribution >= 4 is 11.3 Å². The van der Waals surface area contributed by atoms with Crippen molar-refractivity contribution in [1.29, 1.82) is 0 Å². The number of rotatable bonds is 2. The first-order chi connectivity index (χ1) is 5.84. The van der Waals surface area contributed by atoms with Crippen molar-refractivity contribution in [2.24, 2.45) is 0 Å². The molecule has 1 aromatic heterocycles. The molecule has 0 N–H and O–H groups in total. The van der Waals surface area contributed by atoms with Gasteiger partial charge in [-0.05, 0) is 0 Å². The number of ether oxygens (including phenoxy) is 1. The average molecular weight is 184 g/mol. The van der Waals surface area contributed by atoms with Gasteiger partial charge >= 0.3 is 4.87 Å². The van der Waals surface area contributed by atoms with Crippen LogP contribution in [0.3, 0.4) is 0 Å². The smallest absolute Gasteiger partial charge is 0.325 e. The van der Waals surface area contributed by atoms with E-state index in [1.165, 1.54) is 10.2 Å². The fourth-order valence-corrected chi connectivity index (χ4v) is 1.08. The number of methoxy groups -OCH3 is 1. The lowest BCUT2D eigenvalue weighted by atomic mass is 10.6. The standard InChI is InChI=1S/C7H8N2O2S/c1-11-5-3-2-4-9-7(10)12-6-8-9/h6H,4-5H2,1H3. The normalized spacial score (nSPS) is 9.08. The van der Waals surface area contributed by atoms with E-state index in [0.717, 1.165) is 11.3 Å². The van der Waals surface area contributed by atoms with Crippen LogP contribution in [0.5, 0.6) is 0 Å². The summed E-state index contributed by atoms with van der Waals surface area (Å²) in [4.78, 5) is 10.8. The molecule has 0 aliphatic rings. The van der Waals surface area contributed by atoms with E-state index in [1.807, 2.05) is 0 Å². The highest BCUT2D eigenvalue weighted by atomic mass is 32.1. The first-order valence-corrected chi connectivity index (χ1v) is 4.18. The summed E-state index contributed by atoms with van der Waals surface area (Å²) in [5.74, 6) is 5.49. The zero-order chi connectivity index (χ0) is 8.81. The van der Waals surface area contributed by atoms with Gasteiger partial charge in [0.25, 0.3) is 0 Å². The largest absolute Gasteiger partial charge is 0.372 e. The molecule has 1 heterocycles. The molecule has 0 amide bonds. The van der Waals surface area contributed by atoms with Crippen molar-refractivity contribution in [3.8, 4) is 11.8 Å². The fourth-order valence-electron chi connectivity index (χ4n) is 0.593. The first kappa shape index (κ1) is 8.97. The maximum atomic E-state index is 10.9. The lowest BCUT2D eigenvalue weighted by Gasteiger charge is -1.87. The minimum Gasteiger partial charge on any atom is -0.372 e. The Balaban J connectivity index is 2.50. The molecule has 0 bridgehead atoms. The van der Waals surface area contributed by atoms with Crippen molar-refractivity contribution in [2.45, 2.75) is 6.54 Å². The monoisotopic (exact) mass is 184 g/mol. The van der Waals surface area contributed by atoms with E-state index in [1.54, 1.807) is 7.11 Å². The molecule has 0 unspecified atom stereocenters. The molecule has 0 radical (unpaired) electrons. The maximum absolute atomic E-state index is 10.9. The van der Waals surface area contributed by atoms with Crippen LogP contribution in [0.4, 0.5) is 0 Å². The zero-order valence-corrected chi connectivity index (χ0v) is 7.43. The van der Waals surface area contributed by atoms with E-state index in [9.17, 15) is 4.79 Å². The molecule has 5 heteroatoms. The van der Waals surface area contributed by atoms with Gasteiger partial charge < -0.3 is 4.74 Å². The summed E-state index contributed by atoms with van der Waals surface area (Å²) in [6.45, 7) is 0.727. The van der Waals surface area contributed by atoms with Crippen LogP contribution < -0.4 is 4.87 Å². The summed E-state index contributed by atoms with van der Waals surface area (Å²) in [6.07, 6.45) is 0. The molecule has 64 valence electrons. The second-order valence-electron chi connectivity index (χ2n) is 1.95. The summed E-state index contributed by atoms with van der Waals surface area (Å²) in [5.41, 5.74) is 1.50. The van der Waals surface area contributed by atoms with Crippen LogP contribution in [0.1, 0.15) is 0 Å². The van der Waals surface area contributed by atoms with Crippen LogP contribution in [-0.4, -0.2) is 23.5 Å². The van der Waals surface area contributed by atoms with Crippen LogP contribution in [0.25, 0.3) is 0 Å². The molecule has 0 aliphatic heterocycles. The number of nitrogens with zero attached hydrogens (tertiary/aromatic N) is 2. The van der Waals surface area contributed by atoms with Crippen LogP contribution in [-0.2, 0) is 11.3 Å². The molecule has 1 aromatic rings. The summed E-state index contributed by atoms with van der Waals surface area (Å²) >= 11 is 1.07. The maximum Gasteiger partial charge on any atom is 0.325 e. The lowest BCUT2D eigenvalue weighted by Crippen LogP contribution is -2.13. The quantitative estimate of drug-likeness (QED) is 0.605. The average Bonchev–Trinajstić information content (AvgIpc) is 2.46. The van der Waals surface area contributed by atoms with E-state index in [0.29, 0.717) is 13.2 Å². The van der Waals surface area contributed by atoms with Gasteiger partial charge in [-0.2, -0.15) is 5.10 Å². The van der Waals surface area contributed by atoms with Gasteiger partial charge in [0.05, 0.1) is 0 Å². The Morgan fingerprint density at radius 2 is 2.58 bits per heavy atom. The van der Waals surface area contributed by atoms with E-state index in [2.05, 4.69) is 16.9 Å². The molecule has 0 fully saturated rings. The van der Waals surface area contributed by atoms with Gasteiger partial charge in [0.1, 0.15) is 18.7 Å². The van der Waals surface area contributed by atoms with Crippen molar-refractivity contribution in [2.75, 3.05) is 13.7 Å². The van der Waals surface area contributed by atoms with Crippen molar-refractivity contribution in [3.05, 3.63) is 15.2 Å². The summed E-state index contributed by atoms with van der Waals surface area (Å²) in [5, 5.41) is 3.79. The highest BCUT2D eigenvalue weighted by Gasteiger charge is 1.92. The molecule has 12 heavy (non-hydrogen) atoms. The second-order valence-corrected chi connectivity index (χ2v) is 2.74. The van der Waals surface area contributed by atoms with E-state index >= 15 is 0 Å². The Morgan fingerprint density at radius 3 is 3.17 bits per heavy atom. The van der Waals surface area contributed by atoms with E-state index < -0.39 is 0 Å². The Hall–Kier alpha value is -1.12. The summed E-state index contributed by atoms with van der Waals surface area (Å²) in [6, 6.07) is 0. The third-order valence-corrected chi connectivity index (χ3v) is 1.73. The third kappa shape index (κ3) is 2.49. The molecule has 0 spiro atoms. The van der Waals surface area contributed by atoms with Gasteiger partial charge in [0.15, 0.2) is 0 Å². The van der Waals surface area contributed by atoms with Crippen molar-refractivity contribution in [3.63, 3.8) is 0 Å². The highest BCUT2D eigenvalue weighted by Crippen LogP contribution is 1.81. The molecule has 0 saturated carbocycles. The molecule has 4 nitrogen and oxygen atoms in total. The second kappa shape index (κ2) is 4.70. The number of aromatic nitrogens is 2. The molecular formula is C7H8N2O2S. The minimum atomic E-state index is -0.0817. The Bertz CT molecular complexity index is 344. The molecular weight excluding hydrogens is 176 g/mol. The Labute approximate surface area is 73.8 Å². The van der Waals surface area contributed by atoms with Gasteiger partial charge in [-0.3, -0.25) is 4.79 Å².